The first-order chi connectivity index (χ1) is 18.3. The molecule has 5 atom stereocenters. The summed E-state index contributed by atoms with van der Waals surface area (Å²) in [5.41, 5.74) is -0.792. The van der Waals surface area contributed by atoms with Crippen LogP contribution in [-0.4, -0.2) is 75.7 Å². The van der Waals surface area contributed by atoms with Crippen LogP contribution in [0.15, 0.2) is 17.1 Å². The molecule has 14 nitrogen and oxygen atoms in total. The van der Waals surface area contributed by atoms with Gasteiger partial charge in [0.2, 0.25) is 5.91 Å². The molecule has 1 amide bonds. The lowest BCUT2D eigenvalue weighted by atomic mass is 10.1. The maximum Gasteiger partial charge on any atom is 0.351 e. The Bertz CT molecular complexity index is 1100. The smallest absolute Gasteiger partial charge is 0.351 e. The Morgan fingerprint density at radius 2 is 1.74 bits per heavy atom. The minimum Gasteiger partial charge on any atom is -0.456 e. The zero-order valence-electron chi connectivity index (χ0n) is 23.2. The molecule has 2 unspecified atom stereocenters. The van der Waals surface area contributed by atoms with Gasteiger partial charge in [0, 0.05) is 39.1 Å². The molecule has 39 heavy (non-hydrogen) atoms. The number of amides is 1. The number of nitrogens with one attached hydrogen (secondary N) is 1. The van der Waals surface area contributed by atoms with Gasteiger partial charge in [-0.05, 0) is 33.8 Å². The standard InChI is InChI=1S/C24H36N5O9P/c1-14(2)29(15(3)4)39(34-12-8-10-25)35-13-19-21(36-17(6)31)22(37-18(7)32)23(38-19)28-11-9-20(26-16(5)30)27-24(28)33/h9,11,14-15,19,21-23H,8,12-13H2,1-7H3,(H,26,27,30,33)/t19-,21+,22?,23-,39?/m1/s1. The molecule has 1 N–H and O–H groups in total. The van der Waals surface area contributed by atoms with E-state index in [0.29, 0.717) is 0 Å². The third-order valence-corrected chi connectivity index (χ3v) is 7.38. The first-order valence-corrected chi connectivity index (χ1v) is 13.6. The molecule has 0 spiro atoms. The van der Waals surface area contributed by atoms with Gasteiger partial charge in [0.05, 0.1) is 25.7 Å². The number of carbonyl (C=O) groups excluding carboxylic acids is 3. The summed E-state index contributed by atoms with van der Waals surface area (Å²) in [6, 6.07) is 3.50. The van der Waals surface area contributed by atoms with E-state index in [1.165, 1.54) is 33.0 Å². The fourth-order valence-electron chi connectivity index (χ4n) is 4.02. The Kier molecular flexibility index (Phi) is 12.4. The molecule has 1 saturated heterocycles. The van der Waals surface area contributed by atoms with Gasteiger partial charge in [0.25, 0.3) is 8.53 Å². The van der Waals surface area contributed by atoms with E-state index in [1.807, 2.05) is 38.4 Å². The molecule has 2 rings (SSSR count). The zero-order valence-corrected chi connectivity index (χ0v) is 24.0. The Morgan fingerprint density at radius 3 is 2.26 bits per heavy atom. The lowest BCUT2D eigenvalue weighted by Crippen LogP contribution is -2.42. The summed E-state index contributed by atoms with van der Waals surface area (Å²) in [5, 5.41) is 11.4. The van der Waals surface area contributed by atoms with E-state index >= 15 is 0 Å². The average Bonchev–Trinajstić information content (AvgIpc) is 3.12. The fraction of sp³-hybridized carbons (Fsp3) is 0.667. The Labute approximate surface area is 228 Å². The van der Waals surface area contributed by atoms with Crippen molar-refractivity contribution < 1.29 is 37.6 Å². The number of esters is 2. The van der Waals surface area contributed by atoms with E-state index in [0.717, 1.165) is 4.57 Å². The fourth-order valence-corrected chi connectivity index (χ4v) is 5.64. The van der Waals surface area contributed by atoms with Gasteiger partial charge in [-0.15, -0.1) is 0 Å². The maximum absolute atomic E-state index is 12.8. The highest BCUT2D eigenvalue weighted by Gasteiger charge is 2.51. The van der Waals surface area contributed by atoms with E-state index in [2.05, 4.69) is 10.3 Å². The summed E-state index contributed by atoms with van der Waals surface area (Å²) in [6.45, 7) is 11.6. The summed E-state index contributed by atoms with van der Waals surface area (Å²) < 4.78 is 32.2. The van der Waals surface area contributed by atoms with Crippen molar-refractivity contribution in [3.8, 4) is 6.07 Å². The van der Waals surface area contributed by atoms with Crippen LogP contribution in [0.4, 0.5) is 5.82 Å². The molecule has 0 saturated carbocycles. The van der Waals surface area contributed by atoms with E-state index < -0.39 is 56.6 Å². The first-order valence-electron chi connectivity index (χ1n) is 12.4. The van der Waals surface area contributed by atoms with Crippen LogP contribution >= 0.6 is 8.53 Å². The van der Waals surface area contributed by atoms with Crippen LogP contribution in [0, 0.1) is 11.3 Å². The van der Waals surface area contributed by atoms with Crippen LogP contribution in [0.2, 0.25) is 0 Å². The quantitative estimate of drug-likeness (QED) is 0.209. The second kappa shape index (κ2) is 15.0. The van der Waals surface area contributed by atoms with Crippen molar-refractivity contribution in [3.05, 3.63) is 22.7 Å². The minimum absolute atomic E-state index is 0.0322. The monoisotopic (exact) mass is 569 g/mol. The Balaban J connectivity index is 2.40. The second-order valence-electron chi connectivity index (χ2n) is 9.24. The zero-order chi connectivity index (χ0) is 29.3. The molecule has 216 valence electrons. The summed E-state index contributed by atoms with van der Waals surface area (Å²) in [6.07, 6.45) is -3.01. The van der Waals surface area contributed by atoms with Gasteiger partial charge in [-0.1, -0.05) is 0 Å². The van der Waals surface area contributed by atoms with Crippen molar-refractivity contribution in [1.29, 1.82) is 5.26 Å². The van der Waals surface area contributed by atoms with Crippen molar-refractivity contribution >= 4 is 32.2 Å². The minimum atomic E-state index is -1.66. The van der Waals surface area contributed by atoms with Crippen LogP contribution in [-0.2, 0) is 37.6 Å². The molecule has 15 heteroatoms. The molecule has 1 aliphatic heterocycles. The van der Waals surface area contributed by atoms with Crippen molar-refractivity contribution in [3.63, 3.8) is 0 Å². The number of ether oxygens (including phenoxy) is 3. The third-order valence-electron chi connectivity index (χ3n) is 5.31. The van der Waals surface area contributed by atoms with Crippen molar-refractivity contribution in [2.24, 2.45) is 0 Å². The summed E-state index contributed by atoms with van der Waals surface area (Å²) in [4.78, 5) is 52.0. The predicted molar refractivity (Wildman–Crippen MR) is 139 cm³/mol. The van der Waals surface area contributed by atoms with Crippen molar-refractivity contribution in [2.75, 3.05) is 18.5 Å². The molecule has 1 aliphatic rings. The number of rotatable bonds is 13. The Morgan fingerprint density at radius 1 is 1.13 bits per heavy atom. The van der Waals surface area contributed by atoms with Gasteiger partial charge in [-0.2, -0.15) is 10.2 Å². The third kappa shape index (κ3) is 9.33. The summed E-state index contributed by atoms with van der Waals surface area (Å²) in [7, 11) is -1.66. The van der Waals surface area contributed by atoms with Crippen LogP contribution < -0.4 is 11.0 Å². The highest BCUT2D eigenvalue weighted by molar-refractivity contribution is 7.44. The first kappa shape index (κ1) is 32.3. The largest absolute Gasteiger partial charge is 0.456 e. The molecule has 1 aromatic rings. The van der Waals surface area contributed by atoms with Gasteiger partial charge >= 0.3 is 17.6 Å². The highest BCUT2D eigenvalue weighted by Crippen LogP contribution is 2.47. The molecule has 0 radical (unpaired) electrons. The number of hydrogen-bond donors (Lipinski definition) is 1. The van der Waals surface area contributed by atoms with Gasteiger partial charge in [0.15, 0.2) is 18.4 Å². The lowest BCUT2D eigenvalue weighted by Gasteiger charge is -2.36. The van der Waals surface area contributed by atoms with Gasteiger partial charge < -0.3 is 28.6 Å². The summed E-state index contributed by atoms with van der Waals surface area (Å²) in [5.74, 6) is -1.72. The van der Waals surface area contributed by atoms with Gasteiger partial charge in [-0.3, -0.25) is 19.0 Å². The molecule has 0 bridgehead atoms. The topological polar surface area (TPSA) is 171 Å². The predicted octanol–water partition coefficient (Wildman–Crippen LogP) is 2.26. The summed E-state index contributed by atoms with van der Waals surface area (Å²) >= 11 is 0. The second-order valence-corrected chi connectivity index (χ2v) is 10.7. The SMILES string of the molecule is CC(=O)Nc1ccn([C@@H]2O[C@H](COP(OCCC#N)N(C(C)C)C(C)C)[C@H](OC(C)=O)C2OC(C)=O)c(=O)n1. The van der Waals surface area contributed by atoms with Crippen LogP contribution in [0.1, 0.15) is 61.1 Å². The van der Waals surface area contributed by atoms with E-state index in [-0.39, 0.29) is 37.5 Å². The number of carbonyl (C=O) groups is 3. The normalized spacial score (nSPS) is 21.6. The van der Waals surface area contributed by atoms with Crippen LogP contribution in [0.5, 0.6) is 0 Å². The molecule has 1 fully saturated rings. The number of nitriles is 1. The van der Waals surface area contributed by atoms with Gasteiger partial charge in [-0.25, -0.2) is 9.46 Å². The molecule has 0 aliphatic carbocycles. The van der Waals surface area contributed by atoms with Gasteiger partial charge in [0.1, 0.15) is 11.9 Å². The van der Waals surface area contributed by atoms with Crippen molar-refractivity contribution in [1.82, 2.24) is 14.2 Å². The number of hydrogen-bond acceptors (Lipinski definition) is 12. The van der Waals surface area contributed by atoms with E-state index in [4.69, 9.17) is 28.5 Å². The molecular formula is C24H36N5O9P. The Hall–Kier alpha value is -2.95. The average molecular weight is 570 g/mol. The maximum atomic E-state index is 12.8. The molecule has 2 heterocycles. The number of anilines is 1. The number of aromatic nitrogens is 2. The van der Waals surface area contributed by atoms with Crippen molar-refractivity contribution in [2.45, 2.75) is 91.5 Å². The lowest BCUT2D eigenvalue weighted by molar-refractivity contribution is -0.165. The molecular weight excluding hydrogens is 533 g/mol. The van der Waals surface area contributed by atoms with Crippen LogP contribution in [0.25, 0.3) is 0 Å². The highest BCUT2D eigenvalue weighted by atomic mass is 31.2. The number of nitrogens with zero attached hydrogens (tertiary/aromatic N) is 4. The van der Waals surface area contributed by atoms with E-state index in [1.54, 1.807) is 0 Å². The molecule has 0 aromatic carbocycles. The molecule has 1 aromatic heterocycles. The van der Waals surface area contributed by atoms with Crippen LogP contribution in [0.3, 0.4) is 0 Å². The van der Waals surface area contributed by atoms with E-state index in [9.17, 15) is 19.2 Å².